The quantitative estimate of drug-likeness (QED) is 0.615. The summed E-state index contributed by atoms with van der Waals surface area (Å²) in [6.45, 7) is 4.16. The van der Waals surface area contributed by atoms with Gasteiger partial charge in [0.2, 0.25) is 17.7 Å². The number of amides is 2. The standard InChI is InChI=1S/C21H23N3O7/c1-4-29-18(26)15-11(3)31-17(23)16(19(27)30-5-2)21(15)12-8-6-7-9-13(12)24(20(21)28)10-14(22)25/h6-9H,4-5,10,23H2,1-3H3,(H2,22,25)/t21-/m1/s1. The van der Waals surface area contributed by atoms with Crippen LogP contribution in [0.4, 0.5) is 5.69 Å². The molecule has 1 aromatic rings. The number of benzene rings is 1. The van der Waals surface area contributed by atoms with E-state index in [9.17, 15) is 19.2 Å². The van der Waals surface area contributed by atoms with Crippen molar-refractivity contribution in [1.82, 2.24) is 0 Å². The van der Waals surface area contributed by atoms with Gasteiger partial charge in [0, 0.05) is 11.3 Å². The van der Waals surface area contributed by atoms with Crippen LogP contribution in [0.3, 0.4) is 0 Å². The van der Waals surface area contributed by atoms with Gasteiger partial charge in [0.15, 0.2) is 0 Å². The highest BCUT2D eigenvalue weighted by Gasteiger charge is 2.64. The molecule has 0 saturated heterocycles. The van der Waals surface area contributed by atoms with Gasteiger partial charge >= 0.3 is 11.9 Å². The average Bonchev–Trinajstić information content (AvgIpc) is 2.91. The summed E-state index contributed by atoms with van der Waals surface area (Å²) in [6, 6.07) is 6.43. The summed E-state index contributed by atoms with van der Waals surface area (Å²) < 4.78 is 15.8. The molecule has 0 radical (unpaired) electrons. The topological polar surface area (TPSA) is 151 Å². The lowest BCUT2D eigenvalue weighted by atomic mass is 9.67. The van der Waals surface area contributed by atoms with Crippen LogP contribution in [0.25, 0.3) is 0 Å². The van der Waals surface area contributed by atoms with Gasteiger partial charge in [-0.15, -0.1) is 0 Å². The zero-order chi connectivity index (χ0) is 22.9. The normalized spacial score (nSPS) is 20.0. The number of hydrogen-bond acceptors (Lipinski definition) is 8. The van der Waals surface area contributed by atoms with Gasteiger partial charge in [-0.1, -0.05) is 18.2 Å². The molecule has 2 amide bonds. The summed E-state index contributed by atoms with van der Waals surface area (Å²) >= 11 is 0. The van der Waals surface area contributed by atoms with Crippen LogP contribution in [-0.4, -0.2) is 43.5 Å². The molecule has 0 saturated carbocycles. The SMILES string of the molecule is CCOC(=O)C1=C(C)OC(N)=C(C(=O)OCC)[C@]12C(=O)N(CC(N)=O)c1ccccc12. The molecule has 31 heavy (non-hydrogen) atoms. The predicted octanol–water partition coefficient (Wildman–Crippen LogP) is 0.357. The zero-order valence-corrected chi connectivity index (χ0v) is 17.4. The van der Waals surface area contributed by atoms with E-state index in [1.54, 1.807) is 38.1 Å². The summed E-state index contributed by atoms with van der Waals surface area (Å²) in [7, 11) is 0. The zero-order valence-electron chi connectivity index (χ0n) is 17.4. The van der Waals surface area contributed by atoms with Crippen molar-refractivity contribution in [2.45, 2.75) is 26.2 Å². The van der Waals surface area contributed by atoms with Crippen molar-refractivity contribution in [3.8, 4) is 0 Å². The molecule has 10 heteroatoms. The Labute approximate surface area is 178 Å². The van der Waals surface area contributed by atoms with Gasteiger partial charge in [-0.05, 0) is 26.8 Å². The van der Waals surface area contributed by atoms with Gasteiger partial charge in [0.25, 0.3) is 0 Å². The maximum Gasteiger partial charge on any atom is 0.341 e. The van der Waals surface area contributed by atoms with E-state index in [1.165, 1.54) is 6.92 Å². The number of nitrogens with two attached hydrogens (primary N) is 2. The molecule has 164 valence electrons. The first-order valence-electron chi connectivity index (χ1n) is 9.65. The highest BCUT2D eigenvalue weighted by atomic mass is 16.5. The first-order chi connectivity index (χ1) is 14.7. The van der Waals surface area contributed by atoms with E-state index >= 15 is 0 Å². The number of ether oxygens (including phenoxy) is 3. The number of allylic oxidation sites excluding steroid dienone is 1. The molecular weight excluding hydrogens is 406 g/mol. The third-order valence-corrected chi connectivity index (χ3v) is 5.05. The number of para-hydroxylation sites is 1. The van der Waals surface area contributed by atoms with Crippen molar-refractivity contribution in [3.63, 3.8) is 0 Å². The fraction of sp³-hybridized carbons (Fsp3) is 0.333. The lowest BCUT2D eigenvalue weighted by Crippen LogP contribution is -2.52. The highest BCUT2D eigenvalue weighted by molar-refractivity contribution is 6.23. The second-order valence-electron chi connectivity index (χ2n) is 6.84. The fourth-order valence-corrected chi connectivity index (χ4v) is 4.05. The largest absolute Gasteiger partial charge is 0.462 e. The lowest BCUT2D eigenvalue weighted by Gasteiger charge is -2.36. The van der Waals surface area contributed by atoms with Gasteiger partial charge in [-0.2, -0.15) is 0 Å². The van der Waals surface area contributed by atoms with Gasteiger partial charge in [0.05, 0.1) is 13.2 Å². The van der Waals surface area contributed by atoms with Gasteiger partial charge in [-0.3, -0.25) is 9.59 Å². The van der Waals surface area contributed by atoms with E-state index in [0.29, 0.717) is 5.69 Å². The van der Waals surface area contributed by atoms with Crippen LogP contribution in [0.2, 0.25) is 0 Å². The third-order valence-electron chi connectivity index (χ3n) is 5.05. The van der Waals surface area contributed by atoms with E-state index < -0.39 is 35.7 Å². The van der Waals surface area contributed by atoms with Crippen molar-refractivity contribution in [2.75, 3.05) is 24.7 Å². The Morgan fingerprint density at radius 3 is 2.23 bits per heavy atom. The average molecular weight is 429 g/mol. The number of fused-ring (bicyclic) bond motifs is 2. The number of carbonyl (C=O) groups is 4. The Kier molecular flexibility index (Phi) is 5.74. The van der Waals surface area contributed by atoms with Gasteiger partial charge in [-0.25, -0.2) is 9.59 Å². The Bertz CT molecular complexity index is 1000. The molecule has 4 N–H and O–H groups in total. The molecule has 0 unspecified atom stereocenters. The molecule has 1 spiro atoms. The van der Waals surface area contributed by atoms with E-state index in [2.05, 4.69) is 0 Å². The molecular formula is C21H23N3O7. The summed E-state index contributed by atoms with van der Waals surface area (Å²) in [5.74, 6) is -3.72. The minimum absolute atomic E-state index is 0.00641. The monoisotopic (exact) mass is 429 g/mol. The molecule has 2 aliphatic rings. The fourth-order valence-electron chi connectivity index (χ4n) is 4.05. The Hall–Kier alpha value is -3.82. The molecule has 10 nitrogen and oxygen atoms in total. The molecule has 0 fully saturated rings. The number of esters is 2. The predicted molar refractivity (Wildman–Crippen MR) is 108 cm³/mol. The molecule has 0 bridgehead atoms. The first-order valence-corrected chi connectivity index (χ1v) is 9.65. The van der Waals surface area contributed by atoms with E-state index in [-0.39, 0.29) is 41.6 Å². The van der Waals surface area contributed by atoms with Crippen LogP contribution in [0.15, 0.2) is 47.1 Å². The van der Waals surface area contributed by atoms with Crippen molar-refractivity contribution in [2.24, 2.45) is 11.5 Å². The van der Waals surface area contributed by atoms with Crippen LogP contribution in [0.5, 0.6) is 0 Å². The van der Waals surface area contributed by atoms with Crippen molar-refractivity contribution in [3.05, 3.63) is 52.6 Å². The number of nitrogens with zero attached hydrogens (tertiary/aromatic N) is 1. The highest BCUT2D eigenvalue weighted by Crippen LogP contribution is 2.54. The molecule has 2 aliphatic heterocycles. The van der Waals surface area contributed by atoms with E-state index in [1.807, 2.05) is 0 Å². The molecule has 1 atom stereocenters. The summed E-state index contributed by atoms with van der Waals surface area (Å²) in [5.41, 5.74) is 9.41. The van der Waals surface area contributed by atoms with Crippen LogP contribution in [0.1, 0.15) is 26.3 Å². The van der Waals surface area contributed by atoms with Crippen molar-refractivity contribution < 1.29 is 33.4 Å². The Morgan fingerprint density at radius 2 is 1.65 bits per heavy atom. The number of hydrogen-bond donors (Lipinski definition) is 2. The summed E-state index contributed by atoms with van der Waals surface area (Å²) in [6.07, 6.45) is 0. The number of rotatable bonds is 6. The third kappa shape index (κ3) is 3.20. The molecule has 1 aromatic carbocycles. The van der Waals surface area contributed by atoms with Crippen LogP contribution >= 0.6 is 0 Å². The van der Waals surface area contributed by atoms with Crippen molar-refractivity contribution in [1.29, 1.82) is 0 Å². The van der Waals surface area contributed by atoms with Crippen molar-refractivity contribution >= 4 is 29.4 Å². The molecule has 2 heterocycles. The Morgan fingerprint density at radius 1 is 1.06 bits per heavy atom. The van der Waals surface area contributed by atoms with E-state index in [0.717, 1.165) is 4.90 Å². The summed E-state index contributed by atoms with van der Waals surface area (Å²) in [4.78, 5) is 52.8. The lowest BCUT2D eigenvalue weighted by molar-refractivity contribution is -0.143. The number of carbonyl (C=O) groups excluding carboxylic acids is 4. The van der Waals surface area contributed by atoms with Gasteiger partial charge < -0.3 is 30.6 Å². The number of primary amides is 1. The van der Waals surface area contributed by atoms with Gasteiger partial charge in [0.1, 0.15) is 28.9 Å². The minimum atomic E-state index is -2.02. The van der Waals surface area contributed by atoms with Crippen LogP contribution < -0.4 is 16.4 Å². The number of anilines is 1. The first kappa shape index (κ1) is 21.9. The molecule has 0 aromatic heterocycles. The van der Waals surface area contributed by atoms with E-state index in [4.69, 9.17) is 25.7 Å². The van der Waals surface area contributed by atoms with Crippen LogP contribution in [0, 0.1) is 0 Å². The second kappa shape index (κ2) is 8.13. The maximum atomic E-state index is 13.9. The Balaban J connectivity index is 2.42. The smallest absolute Gasteiger partial charge is 0.341 e. The molecule has 0 aliphatic carbocycles. The molecule has 3 rings (SSSR count). The second-order valence-corrected chi connectivity index (χ2v) is 6.84. The summed E-state index contributed by atoms with van der Waals surface area (Å²) in [5, 5.41) is 0. The minimum Gasteiger partial charge on any atom is -0.462 e. The van der Waals surface area contributed by atoms with Crippen LogP contribution in [-0.2, 0) is 38.8 Å². The maximum absolute atomic E-state index is 13.9.